The Bertz CT molecular complexity index is 1260. The Hall–Kier alpha value is -3.23. The van der Waals surface area contributed by atoms with E-state index in [2.05, 4.69) is 0 Å². The van der Waals surface area contributed by atoms with Gasteiger partial charge >= 0.3 is 0 Å². The highest BCUT2D eigenvalue weighted by Gasteiger charge is 2.41. The van der Waals surface area contributed by atoms with Crippen molar-refractivity contribution in [3.8, 4) is 5.75 Å². The summed E-state index contributed by atoms with van der Waals surface area (Å²) < 4.78 is 47.1. The highest BCUT2D eigenvalue weighted by atomic mass is 32.2. The fourth-order valence-electron chi connectivity index (χ4n) is 4.66. The molecule has 1 saturated heterocycles. The third kappa shape index (κ3) is 7.40. The summed E-state index contributed by atoms with van der Waals surface area (Å²) in [6.45, 7) is 1.37. The maximum absolute atomic E-state index is 13.3. The first kappa shape index (κ1) is 26.8. The van der Waals surface area contributed by atoms with Crippen LogP contribution in [0.15, 0.2) is 84.9 Å². The van der Waals surface area contributed by atoms with Crippen LogP contribution in [0, 0.1) is 11.2 Å². The van der Waals surface area contributed by atoms with Crippen molar-refractivity contribution in [1.29, 1.82) is 0 Å². The van der Waals surface area contributed by atoms with Crippen LogP contribution < -0.4 is 4.74 Å². The number of carbonyl (C=O) groups is 1. The lowest BCUT2D eigenvalue weighted by Crippen LogP contribution is -2.47. The quantitative estimate of drug-likeness (QED) is 0.380. The van der Waals surface area contributed by atoms with Gasteiger partial charge in [-0.2, -0.15) is 0 Å². The number of halogens is 1. The van der Waals surface area contributed by atoms with E-state index in [1.807, 2.05) is 60.7 Å². The number of sulfonamides is 1. The Labute approximate surface area is 218 Å². The summed E-state index contributed by atoms with van der Waals surface area (Å²) in [7, 11) is -1.71. The maximum Gasteiger partial charge on any atom is 0.223 e. The van der Waals surface area contributed by atoms with Gasteiger partial charge in [0.1, 0.15) is 11.6 Å². The van der Waals surface area contributed by atoms with Gasteiger partial charge in [0, 0.05) is 38.5 Å². The monoisotopic (exact) mass is 524 g/mol. The Kier molecular flexibility index (Phi) is 8.61. The van der Waals surface area contributed by atoms with Crippen molar-refractivity contribution in [3.05, 3.63) is 102 Å². The number of rotatable bonds is 10. The van der Waals surface area contributed by atoms with E-state index in [9.17, 15) is 17.6 Å². The minimum atomic E-state index is -3.49. The summed E-state index contributed by atoms with van der Waals surface area (Å²) in [5.41, 5.74) is 1.25. The van der Waals surface area contributed by atoms with Gasteiger partial charge in [-0.1, -0.05) is 60.7 Å². The summed E-state index contributed by atoms with van der Waals surface area (Å²) in [4.78, 5) is 15.0. The van der Waals surface area contributed by atoms with Crippen LogP contribution in [-0.2, 0) is 27.1 Å². The molecule has 0 spiro atoms. The highest BCUT2D eigenvalue weighted by Crippen LogP contribution is 2.38. The molecule has 1 aliphatic rings. The third-order valence-corrected chi connectivity index (χ3v) is 8.79. The predicted octanol–water partition coefficient (Wildman–Crippen LogP) is 4.87. The Morgan fingerprint density at radius 1 is 0.919 bits per heavy atom. The van der Waals surface area contributed by atoms with Crippen LogP contribution >= 0.6 is 0 Å². The van der Waals surface area contributed by atoms with Crippen LogP contribution in [0.1, 0.15) is 30.4 Å². The van der Waals surface area contributed by atoms with Gasteiger partial charge in [0.2, 0.25) is 15.9 Å². The van der Waals surface area contributed by atoms with Gasteiger partial charge in [-0.05, 0) is 48.2 Å². The zero-order valence-corrected chi connectivity index (χ0v) is 21.9. The molecule has 4 rings (SSSR count). The standard InChI is InChI=1S/C29H33FN2O4S/c1-31(21-24-8-4-2-5-9-24)28(33)20-29(23-36-27-14-12-26(30)13-15-27)16-18-32(19-17-29)37(34,35)22-25-10-6-3-7-11-25/h2-15H,16-23H2,1H3. The number of hydrogen-bond donors (Lipinski definition) is 0. The summed E-state index contributed by atoms with van der Waals surface area (Å²) in [6, 6.07) is 24.7. The molecule has 3 aromatic carbocycles. The first-order chi connectivity index (χ1) is 17.7. The number of benzene rings is 3. The van der Waals surface area contributed by atoms with E-state index in [-0.39, 0.29) is 30.5 Å². The molecule has 1 heterocycles. The normalized spacial score (nSPS) is 15.7. The molecule has 1 fully saturated rings. The molecule has 3 aromatic rings. The lowest BCUT2D eigenvalue weighted by Gasteiger charge is -2.41. The van der Waals surface area contributed by atoms with E-state index < -0.39 is 15.4 Å². The highest BCUT2D eigenvalue weighted by molar-refractivity contribution is 7.88. The van der Waals surface area contributed by atoms with E-state index in [1.165, 1.54) is 16.4 Å². The van der Waals surface area contributed by atoms with E-state index in [1.54, 1.807) is 24.1 Å². The molecule has 0 aliphatic carbocycles. The van der Waals surface area contributed by atoms with E-state index in [0.717, 1.165) is 11.1 Å². The van der Waals surface area contributed by atoms with Crippen molar-refractivity contribution in [2.45, 2.75) is 31.6 Å². The van der Waals surface area contributed by atoms with Crippen LogP contribution in [0.5, 0.6) is 5.75 Å². The van der Waals surface area contributed by atoms with Crippen molar-refractivity contribution in [2.24, 2.45) is 5.41 Å². The summed E-state index contributed by atoms with van der Waals surface area (Å²) in [5.74, 6) is 0.0971. The number of amides is 1. The van der Waals surface area contributed by atoms with Gasteiger partial charge < -0.3 is 9.64 Å². The zero-order valence-electron chi connectivity index (χ0n) is 21.1. The second kappa shape index (κ2) is 11.9. The van der Waals surface area contributed by atoms with Crippen molar-refractivity contribution in [3.63, 3.8) is 0 Å². The van der Waals surface area contributed by atoms with E-state index in [0.29, 0.717) is 38.2 Å². The smallest absolute Gasteiger partial charge is 0.223 e. The molecule has 37 heavy (non-hydrogen) atoms. The van der Waals surface area contributed by atoms with Crippen LogP contribution in [0.25, 0.3) is 0 Å². The van der Waals surface area contributed by atoms with Gasteiger partial charge in [-0.3, -0.25) is 4.79 Å². The third-order valence-electron chi connectivity index (χ3n) is 6.94. The first-order valence-electron chi connectivity index (χ1n) is 12.4. The lowest BCUT2D eigenvalue weighted by molar-refractivity contribution is -0.134. The van der Waals surface area contributed by atoms with Gasteiger partial charge in [-0.15, -0.1) is 0 Å². The molecule has 1 amide bonds. The molecule has 1 aliphatic heterocycles. The Morgan fingerprint density at radius 2 is 1.49 bits per heavy atom. The summed E-state index contributed by atoms with van der Waals surface area (Å²) in [6.07, 6.45) is 1.23. The largest absolute Gasteiger partial charge is 0.493 e. The van der Waals surface area contributed by atoms with Crippen LogP contribution in [0.2, 0.25) is 0 Å². The zero-order chi connectivity index (χ0) is 26.3. The molecule has 6 nitrogen and oxygen atoms in total. The molecular weight excluding hydrogens is 491 g/mol. The van der Waals surface area contributed by atoms with Crippen LogP contribution in [0.4, 0.5) is 4.39 Å². The molecule has 8 heteroatoms. The number of nitrogens with zero attached hydrogens (tertiary/aromatic N) is 2. The fourth-order valence-corrected chi connectivity index (χ4v) is 6.19. The number of piperidine rings is 1. The second-order valence-corrected chi connectivity index (χ2v) is 11.8. The average molecular weight is 525 g/mol. The summed E-state index contributed by atoms with van der Waals surface area (Å²) >= 11 is 0. The molecule has 0 saturated carbocycles. The van der Waals surface area contributed by atoms with Gasteiger partial charge in [-0.25, -0.2) is 17.1 Å². The average Bonchev–Trinajstić information content (AvgIpc) is 2.89. The van der Waals surface area contributed by atoms with Crippen LogP contribution in [0.3, 0.4) is 0 Å². The van der Waals surface area contributed by atoms with Gasteiger partial charge in [0.05, 0.1) is 12.4 Å². The molecule has 0 bridgehead atoms. The predicted molar refractivity (Wildman–Crippen MR) is 142 cm³/mol. The molecule has 0 unspecified atom stereocenters. The number of carbonyl (C=O) groups excluding carboxylic acids is 1. The molecule has 0 N–H and O–H groups in total. The maximum atomic E-state index is 13.3. The van der Waals surface area contributed by atoms with Crippen LogP contribution in [-0.4, -0.2) is 50.3 Å². The van der Waals surface area contributed by atoms with Crippen molar-refractivity contribution in [1.82, 2.24) is 9.21 Å². The first-order valence-corrected chi connectivity index (χ1v) is 14.0. The molecule has 196 valence electrons. The minimum Gasteiger partial charge on any atom is -0.493 e. The molecule has 0 atom stereocenters. The summed E-state index contributed by atoms with van der Waals surface area (Å²) in [5, 5.41) is 0. The lowest BCUT2D eigenvalue weighted by atomic mass is 9.76. The fraction of sp³-hybridized carbons (Fsp3) is 0.345. The Morgan fingerprint density at radius 3 is 2.08 bits per heavy atom. The molecular formula is C29H33FN2O4S. The van der Waals surface area contributed by atoms with Crippen molar-refractivity contribution in [2.75, 3.05) is 26.7 Å². The molecule has 0 radical (unpaired) electrons. The van der Waals surface area contributed by atoms with Crippen molar-refractivity contribution >= 4 is 15.9 Å². The van der Waals surface area contributed by atoms with E-state index in [4.69, 9.17) is 4.74 Å². The minimum absolute atomic E-state index is 0.0212. The topological polar surface area (TPSA) is 66.9 Å². The van der Waals surface area contributed by atoms with E-state index >= 15 is 0 Å². The SMILES string of the molecule is CN(Cc1ccccc1)C(=O)CC1(COc2ccc(F)cc2)CCN(S(=O)(=O)Cc2ccccc2)CC1. The van der Waals surface area contributed by atoms with Crippen molar-refractivity contribution < 1.29 is 22.3 Å². The second-order valence-electron chi connectivity index (χ2n) is 9.80. The number of hydrogen-bond acceptors (Lipinski definition) is 4. The molecule has 0 aromatic heterocycles. The van der Waals surface area contributed by atoms with Gasteiger partial charge in [0.15, 0.2) is 0 Å². The number of ether oxygens (including phenoxy) is 1. The Balaban J connectivity index is 1.45. The van der Waals surface area contributed by atoms with Gasteiger partial charge in [0.25, 0.3) is 0 Å².